The summed E-state index contributed by atoms with van der Waals surface area (Å²) in [7, 11) is 0. The van der Waals surface area contributed by atoms with Gasteiger partial charge in [0.25, 0.3) is 0 Å². The fourth-order valence-corrected chi connectivity index (χ4v) is 2.29. The van der Waals surface area contributed by atoms with Gasteiger partial charge in [0, 0.05) is 10.6 Å². The first-order valence-corrected chi connectivity index (χ1v) is 7.56. The summed E-state index contributed by atoms with van der Waals surface area (Å²) in [6.45, 7) is 1.62. The number of aryl methyl sites for hydroxylation is 1. The van der Waals surface area contributed by atoms with E-state index in [1.807, 2.05) is 30.3 Å². The first-order valence-electron chi connectivity index (χ1n) is 7.18. The fraction of sp³-hybridized carbons (Fsp3) is 0.111. The largest absolute Gasteiger partial charge is 0.455 e. The Morgan fingerprint density at radius 3 is 2.71 bits per heavy atom. The molecule has 0 aliphatic heterocycles. The van der Waals surface area contributed by atoms with Crippen LogP contribution in [0.3, 0.4) is 0 Å². The van der Waals surface area contributed by atoms with Crippen LogP contribution in [0.25, 0.3) is 11.5 Å². The molecule has 6 heteroatoms. The monoisotopic (exact) mass is 345 g/mol. The summed E-state index contributed by atoms with van der Waals surface area (Å²) >= 11 is 5.66. The molecule has 0 fully saturated rings. The van der Waals surface area contributed by atoms with Crippen molar-refractivity contribution in [2.75, 3.05) is 0 Å². The number of rotatable bonds is 4. The number of aromatic nitrogens is 1. The molecule has 2 aromatic carbocycles. The van der Waals surface area contributed by atoms with Crippen molar-refractivity contribution < 1.29 is 18.3 Å². The topological polar surface area (TPSA) is 52.3 Å². The van der Waals surface area contributed by atoms with Crippen molar-refractivity contribution >= 4 is 17.6 Å². The number of hydrogen-bond acceptors (Lipinski definition) is 4. The van der Waals surface area contributed by atoms with E-state index in [2.05, 4.69) is 4.98 Å². The van der Waals surface area contributed by atoms with Crippen LogP contribution >= 0.6 is 11.6 Å². The summed E-state index contributed by atoms with van der Waals surface area (Å²) in [6.07, 6.45) is 0. The van der Waals surface area contributed by atoms with Crippen LogP contribution in [0.2, 0.25) is 5.02 Å². The summed E-state index contributed by atoms with van der Waals surface area (Å²) in [5, 5.41) is 0.212. The molecule has 0 saturated carbocycles. The molecule has 122 valence electrons. The van der Waals surface area contributed by atoms with Gasteiger partial charge in [-0.2, -0.15) is 0 Å². The Balaban J connectivity index is 1.73. The second-order valence-corrected chi connectivity index (χ2v) is 5.52. The highest BCUT2D eigenvalue weighted by molar-refractivity contribution is 6.30. The van der Waals surface area contributed by atoms with Crippen molar-refractivity contribution in [3.63, 3.8) is 0 Å². The number of hydrogen-bond donors (Lipinski definition) is 0. The van der Waals surface area contributed by atoms with Gasteiger partial charge in [-0.1, -0.05) is 29.8 Å². The molecule has 4 nitrogen and oxygen atoms in total. The van der Waals surface area contributed by atoms with Gasteiger partial charge in [0.05, 0.1) is 5.56 Å². The number of halogens is 2. The molecule has 1 aromatic heterocycles. The Hall–Kier alpha value is -2.66. The molecule has 0 N–H and O–H groups in total. The van der Waals surface area contributed by atoms with Crippen molar-refractivity contribution in [3.05, 3.63) is 76.4 Å². The minimum atomic E-state index is -0.784. The van der Waals surface area contributed by atoms with E-state index in [1.165, 1.54) is 12.1 Å². The number of carbonyl (C=O) groups is 1. The van der Waals surface area contributed by atoms with Crippen molar-refractivity contribution in [3.8, 4) is 11.5 Å². The molecule has 3 aromatic rings. The lowest BCUT2D eigenvalue weighted by Gasteiger charge is -2.04. The van der Waals surface area contributed by atoms with Crippen molar-refractivity contribution in [1.82, 2.24) is 4.98 Å². The van der Waals surface area contributed by atoms with E-state index in [-0.39, 0.29) is 17.2 Å². The lowest BCUT2D eigenvalue weighted by Crippen LogP contribution is -2.08. The van der Waals surface area contributed by atoms with Crippen LogP contribution < -0.4 is 0 Å². The number of esters is 1. The van der Waals surface area contributed by atoms with Crippen LogP contribution in [0.5, 0.6) is 0 Å². The Labute approximate surface area is 142 Å². The predicted octanol–water partition coefficient (Wildman–Crippen LogP) is 4.80. The molecule has 1 heterocycles. The third kappa shape index (κ3) is 3.46. The van der Waals surface area contributed by atoms with Gasteiger partial charge in [0.1, 0.15) is 23.9 Å². The standard InChI is InChI=1S/C18H13ClFNO3/c1-11-16(21-17(24-11)12-5-3-2-4-6-12)10-23-18(22)14-8-7-13(19)9-15(14)20/h2-9H,10H2,1H3. The number of carbonyl (C=O) groups excluding carboxylic acids is 1. The van der Waals surface area contributed by atoms with Crippen LogP contribution in [0.4, 0.5) is 4.39 Å². The van der Waals surface area contributed by atoms with Gasteiger partial charge in [-0.3, -0.25) is 0 Å². The van der Waals surface area contributed by atoms with Gasteiger partial charge in [-0.15, -0.1) is 0 Å². The molecule has 0 saturated heterocycles. The predicted molar refractivity (Wildman–Crippen MR) is 87.2 cm³/mol. The Kier molecular flexibility index (Phi) is 4.62. The molecule has 24 heavy (non-hydrogen) atoms. The molecule has 0 bridgehead atoms. The number of nitrogens with zero attached hydrogens (tertiary/aromatic N) is 1. The highest BCUT2D eigenvalue weighted by Crippen LogP contribution is 2.22. The molecular weight excluding hydrogens is 333 g/mol. The minimum Gasteiger partial charge on any atom is -0.455 e. The average Bonchev–Trinajstić information content (AvgIpc) is 2.94. The average molecular weight is 346 g/mol. The second kappa shape index (κ2) is 6.84. The van der Waals surface area contributed by atoms with Crippen LogP contribution in [0, 0.1) is 12.7 Å². The van der Waals surface area contributed by atoms with Gasteiger partial charge in [0.15, 0.2) is 0 Å². The fourth-order valence-electron chi connectivity index (χ4n) is 2.13. The van der Waals surface area contributed by atoms with Crippen LogP contribution in [-0.4, -0.2) is 11.0 Å². The van der Waals surface area contributed by atoms with E-state index in [1.54, 1.807) is 6.92 Å². The van der Waals surface area contributed by atoms with Gasteiger partial charge < -0.3 is 9.15 Å². The smallest absolute Gasteiger partial charge is 0.341 e. The summed E-state index contributed by atoms with van der Waals surface area (Å²) < 4.78 is 24.4. The highest BCUT2D eigenvalue weighted by atomic mass is 35.5. The highest BCUT2D eigenvalue weighted by Gasteiger charge is 2.17. The molecular formula is C18H13ClFNO3. The Morgan fingerprint density at radius 1 is 1.25 bits per heavy atom. The molecule has 3 rings (SSSR count). The summed E-state index contributed by atoms with van der Waals surface area (Å²) in [5.74, 6) is -0.530. The maximum absolute atomic E-state index is 13.7. The van der Waals surface area contributed by atoms with Crippen molar-refractivity contribution in [2.45, 2.75) is 13.5 Å². The molecule has 0 atom stereocenters. The lowest BCUT2D eigenvalue weighted by atomic mass is 10.2. The number of oxazole rings is 1. The van der Waals surface area contributed by atoms with E-state index in [0.29, 0.717) is 17.3 Å². The van der Waals surface area contributed by atoms with Crippen molar-refractivity contribution in [2.24, 2.45) is 0 Å². The van der Waals surface area contributed by atoms with Crippen LogP contribution in [0.1, 0.15) is 21.8 Å². The number of ether oxygens (including phenoxy) is 1. The normalized spacial score (nSPS) is 10.6. The molecule has 0 aliphatic carbocycles. The Bertz CT molecular complexity index is 877. The van der Waals surface area contributed by atoms with Crippen LogP contribution in [0.15, 0.2) is 52.9 Å². The quantitative estimate of drug-likeness (QED) is 0.637. The first-order chi connectivity index (χ1) is 11.5. The molecule has 0 spiro atoms. The summed E-state index contributed by atoms with van der Waals surface area (Å²) in [4.78, 5) is 16.3. The maximum atomic E-state index is 13.7. The Morgan fingerprint density at radius 2 is 2.00 bits per heavy atom. The van der Waals surface area contributed by atoms with Gasteiger partial charge in [-0.25, -0.2) is 14.2 Å². The zero-order valence-electron chi connectivity index (χ0n) is 12.8. The first kappa shape index (κ1) is 16.2. The zero-order valence-corrected chi connectivity index (χ0v) is 13.5. The van der Waals surface area contributed by atoms with Crippen molar-refractivity contribution in [1.29, 1.82) is 0 Å². The summed E-state index contributed by atoms with van der Waals surface area (Å²) in [5.41, 5.74) is 1.13. The third-order valence-corrected chi connectivity index (χ3v) is 3.64. The van der Waals surface area contributed by atoms with E-state index in [0.717, 1.165) is 11.6 Å². The molecule has 0 aliphatic rings. The molecule has 0 unspecified atom stereocenters. The second-order valence-electron chi connectivity index (χ2n) is 5.09. The SMILES string of the molecule is Cc1oc(-c2ccccc2)nc1COC(=O)c1ccc(Cl)cc1F. The zero-order chi connectivity index (χ0) is 17.1. The molecule has 0 radical (unpaired) electrons. The van der Waals surface area contributed by atoms with E-state index in [9.17, 15) is 9.18 Å². The third-order valence-electron chi connectivity index (χ3n) is 3.40. The summed E-state index contributed by atoms with van der Waals surface area (Å²) in [6, 6.07) is 13.1. The number of benzene rings is 2. The van der Waals surface area contributed by atoms with Gasteiger partial charge in [0.2, 0.25) is 5.89 Å². The van der Waals surface area contributed by atoms with Gasteiger partial charge in [-0.05, 0) is 37.3 Å². The van der Waals surface area contributed by atoms with E-state index in [4.69, 9.17) is 20.8 Å². The van der Waals surface area contributed by atoms with E-state index < -0.39 is 11.8 Å². The molecule has 0 amide bonds. The minimum absolute atomic E-state index is 0.108. The lowest BCUT2D eigenvalue weighted by molar-refractivity contribution is 0.0461. The van der Waals surface area contributed by atoms with Crippen LogP contribution in [-0.2, 0) is 11.3 Å². The van der Waals surface area contributed by atoms with Gasteiger partial charge >= 0.3 is 5.97 Å². The van der Waals surface area contributed by atoms with E-state index >= 15 is 0 Å². The maximum Gasteiger partial charge on any atom is 0.341 e.